The van der Waals surface area contributed by atoms with Gasteiger partial charge in [0.2, 0.25) is 0 Å². The molecule has 0 bridgehead atoms. The lowest BCUT2D eigenvalue weighted by molar-refractivity contribution is 0.531. The van der Waals surface area contributed by atoms with Gasteiger partial charge in [0.15, 0.2) is 0 Å². The molecule has 0 N–H and O–H groups in total. The first-order chi connectivity index (χ1) is 5.61. The molecule has 66 valence electrons. The van der Waals surface area contributed by atoms with Gasteiger partial charge in [-0.15, -0.1) is 0 Å². The van der Waals surface area contributed by atoms with Gasteiger partial charge in [-0.2, -0.15) is 0 Å². The zero-order valence-electron chi connectivity index (χ0n) is 5.63. The lowest BCUT2D eigenvalue weighted by atomic mass is 10.5. The molecular weight excluding hydrogens is 202 g/mol. The molecule has 7 heteroatoms. The highest BCUT2D eigenvalue weighted by Crippen LogP contribution is 2.07. The highest BCUT2D eigenvalue weighted by molar-refractivity contribution is 7.80. The fourth-order valence-electron chi connectivity index (χ4n) is 0.586. The van der Waals surface area contributed by atoms with E-state index in [1.54, 1.807) is 0 Å². The van der Waals surface area contributed by atoms with Crippen LogP contribution in [0.2, 0.25) is 0 Å². The monoisotopic (exact) mass is 205 g/mol. The summed E-state index contributed by atoms with van der Waals surface area (Å²) in [6.07, 6.45) is 1.12. The first-order valence-electron chi connectivity index (χ1n) is 2.76. The molecule has 1 rings (SSSR count). The van der Waals surface area contributed by atoms with E-state index in [1.165, 1.54) is 6.07 Å². The van der Waals surface area contributed by atoms with Crippen LogP contribution in [0, 0.1) is 0 Å². The third-order valence-corrected chi connectivity index (χ3v) is 2.27. The van der Waals surface area contributed by atoms with Crippen molar-refractivity contribution in [3.8, 4) is 0 Å². The van der Waals surface area contributed by atoms with Gasteiger partial charge in [-0.3, -0.25) is 8.42 Å². The SMILES string of the molecule is O=S([O-])c1ccnc(S(=O)[O-])c1. The Balaban J connectivity index is 3.12. The minimum absolute atomic E-state index is 0.0933. The van der Waals surface area contributed by atoms with Crippen LogP contribution < -0.4 is 0 Å². The summed E-state index contributed by atoms with van der Waals surface area (Å²) in [7, 11) is 0. The minimum Gasteiger partial charge on any atom is -0.768 e. The fourth-order valence-corrected chi connectivity index (χ4v) is 1.41. The second kappa shape index (κ2) is 3.85. The van der Waals surface area contributed by atoms with Gasteiger partial charge in [0.05, 0.1) is 0 Å². The summed E-state index contributed by atoms with van der Waals surface area (Å²) in [5.74, 6) is 0. The summed E-state index contributed by atoms with van der Waals surface area (Å²) in [6, 6.07) is 2.19. The van der Waals surface area contributed by atoms with Crippen LogP contribution in [0.15, 0.2) is 28.3 Å². The van der Waals surface area contributed by atoms with Crippen molar-refractivity contribution in [1.29, 1.82) is 0 Å². The number of hydrogen-bond donors (Lipinski definition) is 0. The van der Waals surface area contributed by atoms with E-state index in [-0.39, 0.29) is 9.92 Å². The van der Waals surface area contributed by atoms with Gasteiger partial charge in [0.1, 0.15) is 5.03 Å². The number of nitrogens with zero attached hydrogens (tertiary/aromatic N) is 1. The lowest BCUT2D eigenvalue weighted by Crippen LogP contribution is -1.96. The fraction of sp³-hybridized carbons (Fsp3) is 0. The minimum atomic E-state index is -2.49. The molecule has 1 aromatic heterocycles. The molecule has 1 aromatic rings. The molecule has 0 aliphatic rings. The molecule has 0 saturated heterocycles. The first-order valence-corrected chi connectivity index (χ1v) is 4.91. The summed E-state index contributed by atoms with van der Waals surface area (Å²) in [6.45, 7) is 0. The zero-order valence-corrected chi connectivity index (χ0v) is 7.26. The average Bonchev–Trinajstić information content (AvgIpc) is 2.04. The lowest BCUT2D eigenvalue weighted by Gasteiger charge is -2.07. The Morgan fingerprint density at radius 3 is 2.42 bits per heavy atom. The Morgan fingerprint density at radius 1 is 1.25 bits per heavy atom. The molecule has 0 aliphatic carbocycles. The summed E-state index contributed by atoms with van der Waals surface area (Å²) < 4.78 is 41.3. The van der Waals surface area contributed by atoms with Crippen molar-refractivity contribution in [3.63, 3.8) is 0 Å². The van der Waals surface area contributed by atoms with Crippen LogP contribution >= 0.6 is 0 Å². The van der Waals surface area contributed by atoms with Crippen molar-refractivity contribution in [3.05, 3.63) is 18.3 Å². The topological polar surface area (TPSA) is 93.2 Å². The molecule has 2 atom stereocenters. The third kappa shape index (κ3) is 2.18. The highest BCUT2D eigenvalue weighted by Gasteiger charge is 1.96. The van der Waals surface area contributed by atoms with E-state index in [9.17, 15) is 17.5 Å². The molecule has 12 heavy (non-hydrogen) atoms. The molecular formula is C5H3NO4S2-2. The van der Waals surface area contributed by atoms with Crippen LogP contribution in [0.1, 0.15) is 0 Å². The highest BCUT2D eigenvalue weighted by atomic mass is 32.2. The number of pyridine rings is 1. The largest absolute Gasteiger partial charge is 0.768 e. The summed E-state index contributed by atoms with van der Waals surface area (Å²) in [5.41, 5.74) is 0. The molecule has 0 aromatic carbocycles. The number of hydrogen-bond acceptors (Lipinski definition) is 5. The maximum atomic E-state index is 10.3. The molecule has 0 amide bonds. The molecule has 2 unspecified atom stereocenters. The normalized spacial score (nSPS) is 15.5. The van der Waals surface area contributed by atoms with Crippen LogP contribution in [0.4, 0.5) is 0 Å². The Bertz CT molecular complexity index is 311. The standard InChI is InChI=1S/C5H5NO4S2/c7-11(8)4-1-2-6-5(3-4)12(9)10/h1-3H,(H,7,8)(H,9,10)/p-2. The smallest absolute Gasteiger partial charge is 0.114 e. The van der Waals surface area contributed by atoms with Gasteiger partial charge in [0.25, 0.3) is 0 Å². The maximum Gasteiger partial charge on any atom is 0.114 e. The van der Waals surface area contributed by atoms with Gasteiger partial charge in [-0.25, -0.2) is 4.98 Å². The molecule has 0 aliphatic heterocycles. The van der Waals surface area contributed by atoms with E-state index >= 15 is 0 Å². The van der Waals surface area contributed by atoms with E-state index in [2.05, 4.69) is 4.98 Å². The van der Waals surface area contributed by atoms with E-state index < -0.39 is 22.2 Å². The molecule has 0 radical (unpaired) electrons. The quantitative estimate of drug-likeness (QED) is 0.610. The van der Waals surface area contributed by atoms with Crippen molar-refractivity contribution in [2.75, 3.05) is 0 Å². The summed E-state index contributed by atoms with van der Waals surface area (Å²) in [5, 5.41) is -0.281. The number of aromatic nitrogens is 1. The molecule has 5 nitrogen and oxygen atoms in total. The van der Waals surface area contributed by atoms with Crippen LogP contribution in [-0.2, 0) is 22.2 Å². The maximum absolute atomic E-state index is 10.3. The van der Waals surface area contributed by atoms with Crippen molar-refractivity contribution in [2.24, 2.45) is 0 Å². The predicted octanol–water partition coefficient (Wildman–Crippen LogP) is -0.442. The molecule has 0 fully saturated rings. The third-order valence-electron chi connectivity index (χ3n) is 1.07. The second-order valence-corrected chi connectivity index (χ2v) is 3.63. The van der Waals surface area contributed by atoms with Gasteiger partial charge in [0, 0.05) is 11.1 Å². The van der Waals surface area contributed by atoms with Gasteiger partial charge in [-0.1, -0.05) is 0 Å². The summed E-state index contributed by atoms with van der Waals surface area (Å²) >= 11 is -4.91. The molecule has 1 heterocycles. The first kappa shape index (κ1) is 9.46. The summed E-state index contributed by atoms with van der Waals surface area (Å²) in [4.78, 5) is 3.34. The van der Waals surface area contributed by atoms with Crippen LogP contribution in [-0.4, -0.2) is 22.5 Å². The van der Waals surface area contributed by atoms with Crippen molar-refractivity contribution >= 4 is 22.2 Å². The second-order valence-electron chi connectivity index (χ2n) is 1.80. The Labute approximate surface area is 73.4 Å². The van der Waals surface area contributed by atoms with Gasteiger partial charge in [-0.05, 0) is 34.3 Å². The number of rotatable bonds is 2. The van der Waals surface area contributed by atoms with E-state index in [1.807, 2.05) is 0 Å². The molecule has 0 saturated carbocycles. The van der Waals surface area contributed by atoms with Crippen LogP contribution in [0.5, 0.6) is 0 Å². The Hall–Kier alpha value is -0.630. The Morgan fingerprint density at radius 2 is 1.92 bits per heavy atom. The van der Waals surface area contributed by atoms with Crippen LogP contribution in [0.25, 0.3) is 0 Å². The molecule has 0 spiro atoms. The predicted molar refractivity (Wildman–Crippen MR) is 38.6 cm³/mol. The zero-order chi connectivity index (χ0) is 9.14. The van der Waals surface area contributed by atoms with Crippen LogP contribution in [0.3, 0.4) is 0 Å². The van der Waals surface area contributed by atoms with Crippen molar-refractivity contribution < 1.29 is 17.5 Å². The van der Waals surface area contributed by atoms with Crippen molar-refractivity contribution in [1.82, 2.24) is 4.98 Å². The van der Waals surface area contributed by atoms with E-state index in [0.29, 0.717) is 0 Å². The van der Waals surface area contributed by atoms with Crippen molar-refractivity contribution in [2.45, 2.75) is 9.92 Å². The van der Waals surface area contributed by atoms with E-state index in [0.717, 1.165) is 12.3 Å². The van der Waals surface area contributed by atoms with E-state index in [4.69, 9.17) is 0 Å². The average molecular weight is 205 g/mol. The van der Waals surface area contributed by atoms with Gasteiger partial charge >= 0.3 is 0 Å². The van der Waals surface area contributed by atoms with Gasteiger partial charge < -0.3 is 9.11 Å². The Kier molecular flexibility index (Phi) is 3.04.